The third-order valence-electron chi connectivity index (χ3n) is 6.80. The number of carbonyl (C=O) groups is 2. The maximum Gasteiger partial charge on any atom is 0.273 e. The molecular weight excluding hydrogens is 501 g/mol. The van der Waals surface area contributed by atoms with Crippen LogP contribution in [0, 0.1) is 17.2 Å². The molecule has 2 amide bonds. The zero-order chi connectivity index (χ0) is 26.8. The van der Waals surface area contributed by atoms with Gasteiger partial charge in [-0.1, -0.05) is 20.8 Å². The van der Waals surface area contributed by atoms with Gasteiger partial charge in [-0.25, -0.2) is 17.5 Å². The van der Waals surface area contributed by atoms with E-state index >= 15 is 0 Å². The Kier molecular flexibility index (Phi) is 8.20. The van der Waals surface area contributed by atoms with E-state index in [0.717, 1.165) is 12.8 Å². The highest BCUT2D eigenvalue weighted by Gasteiger charge is 2.36. The van der Waals surface area contributed by atoms with E-state index in [-0.39, 0.29) is 24.0 Å². The minimum atomic E-state index is -3.34. The summed E-state index contributed by atoms with van der Waals surface area (Å²) in [5.74, 6) is -1.08. The number of halogens is 1. The lowest BCUT2D eigenvalue weighted by molar-refractivity contribution is -0.125. The molecule has 12 heteroatoms. The van der Waals surface area contributed by atoms with Gasteiger partial charge in [0.15, 0.2) is 5.69 Å². The molecule has 0 bridgehead atoms. The third kappa shape index (κ3) is 6.85. The standard InChI is InChI=1S/C25H36FN5O5S/c1-25(2,3)22(24(33)27-10-11-28-37(34,35)18-5-6-18)29-23(32)21-19-7-4-17(26)14-20(19)31(30-21)15-16-8-12-36-13-9-16/h4,7,14,16,18,22,28H,5-6,8-13,15H2,1-3H3,(H,27,33)(H,29,32). The number of fused-ring (bicyclic) bond motifs is 1. The highest BCUT2D eigenvalue weighted by atomic mass is 32.2. The van der Waals surface area contributed by atoms with Crippen LogP contribution in [0.1, 0.15) is 56.9 Å². The molecule has 1 aromatic heterocycles. The summed E-state index contributed by atoms with van der Waals surface area (Å²) in [6.45, 7) is 7.50. The Bertz CT molecular complexity index is 1250. The molecule has 3 N–H and O–H groups in total. The van der Waals surface area contributed by atoms with Gasteiger partial charge in [0.25, 0.3) is 5.91 Å². The second-order valence-corrected chi connectivity index (χ2v) is 13.0. The third-order valence-corrected chi connectivity index (χ3v) is 8.75. The first-order valence-corrected chi connectivity index (χ1v) is 14.3. The maximum atomic E-state index is 14.1. The number of nitrogens with one attached hydrogen (secondary N) is 3. The van der Waals surface area contributed by atoms with Crippen molar-refractivity contribution in [1.29, 1.82) is 0 Å². The Balaban J connectivity index is 1.46. The molecule has 4 rings (SSSR count). The van der Waals surface area contributed by atoms with E-state index in [2.05, 4.69) is 20.5 Å². The number of rotatable bonds is 10. The minimum Gasteiger partial charge on any atom is -0.381 e. The van der Waals surface area contributed by atoms with Gasteiger partial charge in [-0.2, -0.15) is 5.10 Å². The van der Waals surface area contributed by atoms with E-state index in [1.54, 1.807) is 4.68 Å². The van der Waals surface area contributed by atoms with E-state index in [1.807, 2.05) is 20.8 Å². The van der Waals surface area contributed by atoms with E-state index in [9.17, 15) is 22.4 Å². The van der Waals surface area contributed by atoms with Crippen LogP contribution in [-0.4, -0.2) is 67.6 Å². The molecule has 37 heavy (non-hydrogen) atoms. The average molecular weight is 538 g/mol. The fraction of sp³-hybridized carbons (Fsp3) is 0.640. The van der Waals surface area contributed by atoms with Gasteiger partial charge in [-0.3, -0.25) is 14.3 Å². The molecule has 0 radical (unpaired) electrons. The molecular formula is C25H36FN5O5S. The van der Waals surface area contributed by atoms with Gasteiger partial charge in [-0.15, -0.1) is 0 Å². The molecule has 2 heterocycles. The predicted molar refractivity (Wildman–Crippen MR) is 137 cm³/mol. The number of amides is 2. The Morgan fingerprint density at radius 2 is 1.86 bits per heavy atom. The molecule has 1 saturated carbocycles. The van der Waals surface area contributed by atoms with Gasteiger partial charge in [0.1, 0.15) is 11.9 Å². The van der Waals surface area contributed by atoms with Gasteiger partial charge in [0.2, 0.25) is 15.9 Å². The second kappa shape index (κ2) is 11.0. The summed E-state index contributed by atoms with van der Waals surface area (Å²) in [7, 11) is -3.34. The van der Waals surface area contributed by atoms with Crippen LogP contribution in [0.15, 0.2) is 18.2 Å². The number of carbonyl (C=O) groups excluding carboxylic acids is 2. The zero-order valence-electron chi connectivity index (χ0n) is 21.5. The Morgan fingerprint density at radius 3 is 2.51 bits per heavy atom. The van der Waals surface area contributed by atoms with Crippen molar-refractivity contribution in [1.82, 2.24) is 25.1 Å². The zero-order valence-corrected chi connectivity index (χ0v) is 22.4. The summed E-state index contributed by atoms with van der Waals surface area (Å²) in [5, 5.41) is 10.2. The molecule has 1 atom stereocenters. The maximum absolute atomic E-state index is 14.1. The minimum absolute atomic E-state index is 0.0716. The first-order valence-electron chi connectivity index (χ1n) is 12.8. The number of ether oxygens (including phenoxy) is 1. The lowest BCUT2D eigenvalue weighted by Gasteiger charge is -2.30. The van der Waals surface area contributed by atoms with Gasteiger partial charge in [0.05, 0.1) is 10.8 Å². The van der Waals surface area contributed by atoms with Crippen LogP contribution in [0.4, 0.5) is 4.39 Å². The molecule has 1 saturated heterocycles. The van der Waals surface area contributed by atoms with E-state index in [4.69, 9.17) is 4.74 Å². The predicted octanol–water partition coefficient (Wildman–Crippen LogP) is 1.94. The van der Waals surface area contributed by atoms with Crippen molar-refractivity contribution in [3.8, 4) is 0 Å². The lowest BCUT2D eigenvalue weighted by atomic mass is 9.86. The van der Waals surface area contributed by atoms with Gasteiger partial charge in [0, 0.05) is 38.2 Å². The van der Waals surface area contributed by atoms with Crippen molar-refractivity contribution in [3.63, 3.8) is 0 Å². The molecule has 10 nitrogen and oxygen atoms in total. The summed E-state index contributed by atoms with van der Waals surface area (Å²) in [6.07, 6.45) is 3.04. The smallest absolute Gasteiger partial charge is 0.273 e. The van der Waals surface area contributed by atoms with Crippen LogP contribution in [0.25, 0.3) is 10.9 Å². The summed E-state index contributed by atoms with van der Waals surface area (Å²) in [6, 6.07) is 3.28. The van der Waals surface area contributed by atoms with Crippen molar-refractivity contribution in [2.24, 2.45) is 11.3 Å². The van der Waals surface area contributed by atoms with Crippen LogP contribution >= 0.6 is 0 Å². The number of sulfonamides is 1. The van der Waals surface area contributed by atoms with Crippen LogP contribution < -0.4 is 15.4 Å². The quantitative estimate of drug-likeness (QED) is 0.397. The number of hydrogen-bond donors (Lipinski definition) is 3. The Hall–Kier alpha value is -2.57. The number of benzene rings is 1. The van der Waals surface area contributed by atoms with Crippen LogP contribution in [0.5, 0.6) is 0 Å². The molecule has 0 spiro atoms. The van der Waals surface area contributed by atoms with Gasteiger partial charge >= 0.3 is 0 Å². The fourth-order valence-electron chi connectivity index (χ4n) is 4.48. The molecule has 1 aliphatic heterocycles. The largest absolute Gasteiger partial charge is 0.381 e. The summed E-state index contributed by atoms with van der Waals surface area (Å²) >= 11 is 0. The van der Waals surface area contributed by atoms with Crippen molar-refractivity contribution in [3.05, 3.63) is 29.7 Å². The number of aromatic nitrogens is 2. The summed E-state index contributed by atoms with van der Waals surface area (Å²) in [4.78, 5) is 26.4. The molecule has 1 unspecified atom stereocenters. The van der Waals surface area contributed by atoms with E-state index in [1.165, 1.54) is 18.2 Å². The summed E-state index contributed by atoms with van der Waals surface area (Å²) < 4.78 is 47.6. The molecule has 2 fully saturated rings. The van der Waals surface area contributed by atoms with Crippen molar-refractivity contribution in [2.75, 3.05) is 26.3 Å². The van der Waals surface area contributed by atoms with Crippen LogP contribution in [-0.2, 0) is 26.1 Å². The SMILES string of the molecule is CC(C)(C)C(NC(=O)c1nn(CC2CCOCC2)c2cc(F)ccc12)C(=O)NCCNS(=O)(=O)C1CC1. The molecule has 2 aliphatic rings. The first-order chi connectivity index (χ1) is 17.5. The second-order valence-electron chi connectivity index (χ2n) is 11.0. The van der Waals surface area contributed by atoms with Crippen molar-refractivity contribution >= 4 is 32.7 Å². The molecule has 204 valence electrons. The summed E-state index contributed by atoms with van der Waals surface area (Å²) in [5.41, 5.74) is 0.0116. The van der Waals surface area contributed by atoms with Crippen molar-refractivity contribution in [2.45, 2.75) is 64.3 Å². The highest BCUT2D eigenvalue weighted by Crippen LogP contribution is 2.27. The van der Waals surface area contributed by atoms with E-state index < -0.39 is 39.1 Å². The molecule has 1 aliphatic carbocycles. The average Bonchev–Trinajstić information content (AvgIpc) is 3.64. The number of nitrogens with zero attached hydrogens (tertiary/aromatic N) is 2. The van der Waals surface area contributed by atoms with Crippen molar-refractivity contribution < 1.29 is 27.1 Å². The Morgan fingerprint density at radius 1 is 1.16 bits per heavy atom. The normalized spacial score (nSPS) is 18.1. The fourth-order valence-corrected chi connectivity index (χ4v) is 5.86. The highest BCUT2D eigenvalue weighted by molar-refractivity contribution is 7.90. The molecule has 1 aromatic carbocycles. The van der Waals surface area contributed by atoms with Gasteiger partial charge < -0.3 is 15.4 Å². The number of hydrogen-bond acceptors (Lipinski definition) is 6. The van der Waals surface area contributed by atoms with Crippen LogP contribution in [0.2, 0.25) is 0 Å². The van der Waals surface area contributed by atoms with Crippen LogP contribution in [0.3, 0.4) is 0 Å². The monoisotopic (exact) mass is 537 g/mol. The Labute approximate surface area is 216 Å². The van der Waals surface area contributed by atoms with Gasteiger partial charge in [-0.05, 0) is 55.2 Å². The van der Waals surface area contributed by atoms with E-state index in [0.29, 0.717) is 49.4 Å². The first kappa shape index (κ1) is 27.5. The molecule has 2 aromatic rings. The topological polar surface area (TPSA) is 131 Å². The lowest BCUT2D eigenvalue weighted by Crippen LogP contribution is -2.54.